The van der Waals surface area contributed by atoms with Crippen LogP contribution in [0.3, 0.4) is 0 Å². The van der Waals surface area contributed by atoms with Gasteiger partial charge in [-0.15, -0.1) is 11.8 Å². The van der Waals surface area contributed by atoms with E-state index < -0.39 is 0 Å². The van der Waals surface area contributed by atoms with Crippen molar-refractivity contribution in [2.45, 2.75) is 31.7 Å². The van der Waals surface area contributed by atoms with Gasteiger partial charge in [0.1, 0.15) is 0 Å². The lowest BCUT2D eigenvalue weighted by molar-refractivity contribution is 0.610. The van der Waals surface area contributed by atoms with E-state index in [0.29, 0.717) is 0 Å². The maximum Gasteiger partial charge on any atom is 0.0554 e. The van der Waals surface area contributed by atoms with E-state index in [1.165, 1.54) is 27.1 Å². The fourth-order valence-electron chi connectivity index (χ4n) is 2.27. The number of aryl methyl sites for hydroxylation is 3. The Labute approximate surface area is 125 Å². The van der Waals surface area contributed by atoms with Crippen molar-refractivity contribution in [1.82, 2.24) is 5.43 Å². The van der Waals surface area contributed by atoms with E-state index >= 15 is 0 Å². The molecular formula is C17H22N2S. The molecule has 2 aromatic rings. The van der Waals surface area contributed by atoms with E-state index in [9.17, 15) is 0 Å². The summed E-state index contributed by atoms with van der Waals surface area (Å²) in [5, 5.41) is 0. The minimum absolute atomic E-state index is 0.167. The number of rotatable bonds is 5. The van der Waals surface area contributed by atoms with Crippen LogP contribution in [0.15, 0.2) is 47.4 Å². The van der Waals surface area contributed by atoms with Gasteiger partial charge in [-0.05, 0) is 38.5 Å². The van der Waals surface area contributed by atoms with Gasteiger partial charge in [-0.3, -0.25) is 11.3 Å². The maximum absolute atomic E-state index is 5.73. The topological polar surface area (TPSA) is 38.0 Å². The van der Waals surface area contributed by atoms with Gasteiger partial charge < -0.3 is 0 Å². The summed E-state index contributed by atoms with van der Waals surface area (Å²) in [6.45, 7) is 6.35. The number of nitrogens with one attached hydrogen (secondary N) is 1. The zero-order valence-corrected chi connectivity index (χ0v) is 13.1. The summed E-state index contributed by atoms with van der Waals surface area (Å²) < 4.78 is 0. The van der Waals surface area contributed by atoms with Crippen molar-refractivity contribution in [3.8, 4) is 0 Å². The number of thioether (sulfide) groups is 1. The van der Waals surface area contributed by atoms with Crippen LogP contribution < -0.4 is 11.3 Å². The number of hydrogen-bond acceptors (Lipinski definition) is 3. The van der Waals surface area contributed by atoms with Crippen LogP contribution in [-0.4, -0.2) is 5.75 Å². The Morgan fingerprint density at radius 2 is 1.55 bits per heavy atom. The number of nitrogens with two attached hydrogens (primary N) is 1. The highest BCUT2D eigenvalue weighted by molar-refractivity contribution is 7.99. The lowest BCUT2D eigenvalue weighted by Crippen LogP contribution is -2.29. The summed E-state index contributed by atoms with van der Waals surface area (Å²) in [6, 6.07) is 15.4. The molecule has 1 unspecified atom stereocenters. The summed E-state index contributed by atoms with van der Waals surface area (Å²) in [6.07, 6.45) is 0. The summed E-state index contributed by atoms with van der Waals surface area (Å²) in [5.74, 6) is 6.65. The zero-order chi connectivity index (χ0) is 14.5. The van der Waals surface area contributed by atoms with Crippen molar-refractivity contribution in [3.63, 3.8) is 0 Å². The van der Waals surface area contributed by atoms with Crippen LogP contribution in [0.5, 0.6) is 0 Å². The van der Waals surface area contributed by atoms with Crippen molar-refractivity contribution < 1.29 is 0 Å². The number of hydrogen-bond donors (Lipinski definition) is 2. The van der Waals surface area contributed by atoms with Gasteiger partial charge in [0.15, 0.2) is 0 Å². The molecule has 0 aliphatic heterocycles. The molecule has 0 radical (unpaired) electrons. The minimum Gasteiger partial charge on any atom is -0.271 e. The highest BCUT2D eigenvalue weighted by Gasteiger charge is 2.11. The first-order valence-electron chi connectivity index (χ1n) is 6.82. The van der Waals surface area contributed by atoms with Crippen molar-refractivity contribution in [3.05, 3.63) is 64.7 Å². The first-order valence-corrected chi connectivity index (χ1v) is 7.81. The zero-order valence-electron chi connectivity index (χ0n) is 12.3. The first kappa shape index (κ1) is 15.1. The maximum atomic E-state index is 5.73. The standard InChI is InChI=1S/C17H22N2S/c1-12-4-6-16(7-5-12)20-11-17(19-18)15-9-13(2)8-14(3)10-15/h4-10,17,19H,11,18H2,1-3H3. The van der Waals surface area contributed by atoms with E-state index in [0.717, 1.165) is 5.75 Å². The van der Waals surface area contributed by atoms with E-state index in [-0.39, 0.29) is 6.04 Å². The molecule has 20 heavy (non-hydrogen) atoms. The normalized spacial score (nSPS) is 12.4. The Bertz CT molecular complexity index is 543. The number of benzene rings is 2. The molecule has 0 aromatic heterocycles. The molecule has 2 nitrogen and oxygen atoms in total. The summed E-state index contributed by atoms with van der Waals surface area (Å²) in [7, 11) is 0. The Kier molecular flexibility index (Phi) is 5.24. The molecule has 0 heterocycles. The van der Waals surface area contributed by atoms with E-state index in [1.807, 2.05) is 11.8 Å². The Morgan fingerprint density at radius 1 is 0.950 bits per heavy atom. The van der Waals surface area contributed by atoms with Crippen molar-refractivity contribution in [2.75, 3.05) is 5.75 Å². The average molecular weight is 286 g/mol. The van der Waals surface area contributed by atoms with Gasteiger partial charge >= 0.3 is 0 Å². The highest BCUT2D eigenvalue weighted by Crippen LogP contribution is 2.25. The monoisotopic (exact) mass is 286 g/mol. The third kappa shape index (κ3) is 4.10. The van der Waals surface area contributed by atoms with Crippen LogP contribution >= 0.6 is 11.8 Å². The molecule has 1 atom stereocenters. The summed E-state index contributed by atoms with van der Waals surface area (Å²) in [5.41, 5.74) is 8.03. The molecule has 3 heteroatoms. The van der Waals surface area contributed by atoms with Gasteiger partial charge in [0.05, 0.1) is 6.04 Å². The Morgan fingerprint density at radius 3 is 2.10 bits per heavy atom. The van der Waals surface area contributed by atoms with Gasteiger partial charge in [-0.2, -0.15) is 0 Å². The van der Waals surface area contributed by atoms with Gasteiger partial charge in [-0.25, -0.2) is 0 Å². The fourth-order valence-corrected chi connectivity index (χ4v) is 3.24. The summed E-state index contributed by atoms with van der Waals surface area (Å²) >= 11 is 1.83. The van der Waals surface area contributed by atoms with Crippen molar-refractivity contribution in [1.29, 1.82) is 0 Å². The van der Waals surface area contributed by atoms with Gasteiger partial charge in [-0.1, -0.05) is 47.0 Å². The van der Waals surface area contributed by atoms with Gasteiger partial charge in [0, 0.05) is 10.6 Å². The van der Waals surface area contributed by atoms with Crippen LogP contribution in [0.25, 0.3) is 0 Å². The minimum atomic E-state index is 0.167. The highest BCUT2D eigenvalue weighted by atomic mass is 32.2. The van der Waals surface area contributed by atoms with Gasteiger partial charge in [0.25, 0.3) is 0 Å². The second-order valence-corrected chi connectivity index (χ2v) is 6.36. The van der Waals surface area contributed by atoms with E-state index in [2.05, 4.69) is 68.7 Å². The van der Waals surface area contributed by atoms with Crippen LogP contribution in [0, 0.1) is 20.8 Å². The molecule has 0 saturated heterocycles. The molecule has 0 aliphatic carbocycles. The van der Waals surface area contributed by atoms with Crippen LogP contribution in [0.2, 0.25) is 0 Å². The second kappa shape index (κ2) is 6.93. The van der Waals surface area contributed by atoms with Crippen molar-refractivity contribution in [2.24, 2.45) is 5.84 Å². The number of hydrazine groups is 1. The first-order chi connectivity index (χ1) is 9.58. The molecule has 2 rings (SSSR count). The van der Waals surface area contributed by atoms with Gasteiger partial charge in [0.2, 0.25) is 0 Å². The molecule has 0 spiro atoms. The molecule has 0 bridgehead atoms. The molecule has 0 amide bonds. The summed E-state index contributed by atoms with van der Waals surface area (Å²) in [4.78, 5) is 1.28. The lowest BCUT2D eigenvalue weighted by atomic mass is 10.0. The molecule has 0 fully saturated rings. The predicted octanol–water partition coefficient (Wildman–Crippen LogP) is 3.91. The smallest absolute Gasteiger partial charge is 0.0554 e. The third-order valence-electron chi connectivity index (χ3n) is 3.29. The molecule has 0 saturated carbocycles. The molecule has 106 valence electrons. The van der Waals surface area contributed by atoms with Crippen molar-refractivity contribution >= 4 is 11.8 Å². The van der Waals surface area contributed by atoms with Crippen LogP contribution in [0.4, 0.5) is 0 Å². The SMILES string of the molecule is Cc1ccc(SCC(NN)c2cc(C)cc(C)c2)cc1. The molecule has 3 N–H and O–H groups in total. The van der Waals surface area contributed by atoms with Crippen LogP contribution in [0.1, 0.15) is 28.3 Å². The molecule has 0 aliphatic rings. The largest absolute Gasteiger partial charge is 0.271 e. The second-order valence-electron chi connectivity index (χ2n) is 5.26. The van der Waals surface area contributed by atoms with E-state index in [4.69, 9.17) is 5.84 Å². The lowest BCUT2D eigenvalue weighted by Gasteiger charge is -2.17. The molecular weight excluding hydrogens is 264 g/mol. The molecule has 2 aromatic carbocycles. The van der Waals surface area contributed by atoms with E-state index in [1.54, 1.807) is 0 Å². The fraction of sp³-hybridized carbons (Fsp3) is 0.294. The Balaban J connectivity index is 2.07. The Hall–Kier alpha value is -1.29. The average Bonchev–Trinajstić information content (AvgIpc) is 2.40. The predicted molar refractivity (Wildman–Crippen MR) is 87.9 cm³/mol. The van der Waals surface area contributed by atoms with Crippen LogP contribution in [-0.2, 0) is 0 Å². The third-order valence-corrected chi connectivity index (χ3v) is 4.39. The quantitative estimate of drug-likeness (QED) is 0.497.